The van der Waals surface area contributed by atoms with E-state index in [-0.39, 0.29) is 5.56 Å². The van der Waals surface area contributed by atoms with Gasteiger partial charge in [0.1, 0.15) is 5.82 Å². The molecule has 3 rings (SSSR count). The molecule has 0 radical (unpaired) electrons. The van der Waals surface area contributed by atoms with Gasteiger partial charge in [0.2, 0.25) is 0 Å². The molecular formula is C15H16ClN3O. The summed E-state index contributed by atoms with van der Waals surface area (Å²) >= 11 is 5.92. The average molecular weight is 290 g/mol. The topological polar surface area (TPSA) is 46.9 Å². The van der Waals surface area contributed by atoms with Gasteiger partial charge in [-0.1, -0.05) is 24.4 Å². The molecule has 2 heterocycles. The molecule has 0 unspecified atom stereocenters. The minimum atomic E-state index is -0.118. The number of rotatable bonds is 3. The third kappa shape index (κ3) is 2.85. The highest BCUT2D eigenvalue weighted by atomic mass is 35.5. The second-order valence-electron chi connectivity index (χ2n) is 5.08. The number of pyridine rings is 2. The minimum absolute atomic E-state index is 0.118. The van der Waals surface area contributed by atoms with Crippen LogP contribution in [0.25, 0.3) is 5.69 Å². The Kier molecular flexibility index (Phi) is 3.74. The van der Waals surface area contributed by atoms with E-state index in [0.29, 0.717) is 11.1 Å². The first kappa shape index (κ1) is 13.2. The molecule has 4 nitrogen and oxygen atoms in total. The van der Waals surface area contributed by atoms with Gasteiger partial charge in [0, 0.05) is 18.3 Å². The summed E-state index contributed by atoms with van der Waals surface area (Å²) < 4.78 is 1.49. The van der Waals surface area contributed by atoms with Crippen LogP contribution < -0.4 is 10.9 Å². The van der Waals surface area contributed by atoms with Gasteiger partial charge in [-0.3, -0.25) is 9.36 Å². The maximum absolute atomic E-state index is 11.8. The third-order valence-corrected chi connectivity index (χ3v) is 3.83. The van der Waals surface area contributed by atoms with Crippen LogP contribution in [0.15, 0.2) is 41.5 Å². The summed E-state index contributed by atoms with van der Waals surface area (Å²) in [7, 11) is 0. The van der Waals surface area contributed by atoms with Crippen molar-refractivity contribution in [3.63, 3.8) is 0 Å². The zero-order valence-electron chi connectivity index (χ0n) is 11.1. The monoisotopic (exact) mass is 289 g/mol. The normalized spacial score (nSPS) is 15.4. The fourth-order valence-electron chi connectivity index (χ4n) is 2.56. The third-order valence-electron chi connectivity index (χ3n) is 3.61. The summed E-state index contributed by atoms with van der Waals surface area (Å²) in [6, 6.07) is 7.35. The Morgan fingerprint density at radius 1 is 1.20 bits per heavy atom. The number of aromatic nitrogens is 2. The zero-order chi connectivity index (χ0) is 13.9. The van der Waals surface area contributed by atoms with Crippen LogP contribution in [0.1, 0.15) is 25.7 Å². The summed E-state index contributed by atoms with van der Waals surface area (Å²) in [5, 5.41) is 3.95. The van der Waals surface area contributed by atoms with Crippen molar-refractivity contribution in [3.8, 4) is 5.69 Å². The summed E-state index contributed by atoms with van der Waals surface area (Å²) in [5.41, 5.74) is 0.599. The van der Waals surface area contributed by atoms with Crippen LogP contribution in [0.4, 0.5) is 5.82 Å². The Morgan fingerprint density at radius 2 is 2.00 bits per heavy atom. The maximum atomic E-state index is 11.8. The van der Waals surface area contributed by atoms with Crippen LogP contribution in [0.3, 0.4) is 0 Å². The summed E-state index contributed by atoms with van der Waals surface area (Å²) in [5.74, 6) is 0.857. The highest BCUT2D eigenvalue weighted by Gasteiger charge is 2.14. The van der Waals surface area contributed by atoms with E-state index in [0.717, 1.165) is 11.5 Å². The molecule has 0 aromatic carbocycles. The quantitative estimate of drug-likeness (QED) is 0.943. The Balaban J connectivity index is 1.81. The number of hydrogen-bond acceptors (Lipinski definition) is 3. The van der Waals surface area contributed by atoms with E-state index in [2.05, 4.69) is 10.3 Å². The van der Waals surface area contributed by atoms with E-state index in [1.54, 1.807) is 18.5 Å². The van der Waals surface area contributed by atoms with Crippen molar-refractivity contribution in [2.45, 2.75) is 31.7 Å². The van der Waals surface area contributed by atoms with Gasteiger partial charge in [-0.25, -0.2) is 4.98 Å². The second kappa shape index (κ2) is 5.67. The fourth-order valence-corrected chi connectivity index (χ4v) is 2.72. The fraction of sp³-hybridized carbons (Fsp3) is 0.333. The highest BCUT2D eigenvalue weighted by molar-refractivity contribution is 6.30. The average Bonchev–Trinajstić information content (AvgIpc) is 2.95. The van der Waals surface area contributed by atoms with Crippen LogP contribution >= 0.6 is 11.6 Å². The minimum Gasteiger partial charge on any atom is -0.367 e. The molecule has 0 atom stereocenters. The van der Waals surface area contributed by atoms with E-state index in [9.17, 15) is 4.79 Å². The molecule has 104 valence electrons. The van der Waals surface area contributed by atoms with Crippen molar-refractivity contribution in [2.75, 3.05) is 5.32 Å². The number of halogens is 1. The lowest BCUT2D eigenvalue weighted by Gasteiger charge is -2.13. The van der Waals surface area contributed by atoms with Gasteiger partial charge in [-0.05, 0) is 31.0 Å². The van der Waals surface area contributed by atoms with E-state index in [1.165, 1.54) is 36.3 Å². The number of nitrogens with one attached hydrogen (secondary N) is 1. The van der Waals surface area contributed by atoms with E-state index in [1.807, 2.05) is 12.1 Å². The summed E-state index contributed by atoms with van der Waals surface area (Å²) in [4.78, 5) is 16.2. The Bertz CT molecular complexity index is 645. The maximum Gasteiger partial charge on any atom is 0.255 e. The first-order valence-electron chi connectivity index (χ1n) is 6.83. The van der Waals surface area contributed by atoms with Crippen molar-refractivity contribution in [3.05, 3.63) is 52.0 Å². The molecule has 1 aliphatic carbocycles. The molecule has 2 aromatic heterocycles. The van der Waals surface area contributed by atoms with Gasteiger partial charge in [0.05, 0.1) is 16.9 Å². The highest BCUT2D eigenvalue weighted by Crippen LogP contribution is 2.21. The lowest BCUT2D eigenvalue weighted by Crippen LogP contribution is -2.17. The summed E-state index contributed by atoms with van der Waals surface area (Å²) in [6.45, 7) is 0. The molecule has 1 fully saturated rings. The van der Waals surface area contributed by atoms with E-state index >= 15 is 0 Å². The number of anilines is 1. The first-order chi connectivity index (χ1) is 9.72. The molecule has 0 spiro atoms. The van der Waals surface area contributed by atoms with Crippen molar-refractivity contribution >= 4 is 17.4 Å². The van der Waals surface area contributed by atoms with Gasteiger partial charge in [0.15, 0.2) is 0 Å². The van der Waals surface area contributed by atoms with Crippen LogP contribution in [0.5, 0.6) is 0 Å². The molecule has 1 N–H and O–H groups in total. The van der Waals surface area contributed by atoms with Gasteiger partial charge in [-0.2, -0.15) is 0 Å². The van der Waals surface area contributed by atoms with E-state index in [4.69, 9.17) is 11.6 Å². The van der Waals surface area contributed by atoms with Crippen LogP contribution in [0.2, 0.25) is 5.02 Å². The van der Waals surface area contributed by atoms with Crippen molar-refractivity contribution in [2.24, 2.45) is 0 Å². The van der Waals surface area contributed by atoms with Gasteiger partial charge in [-0.15, -0.1) is 0 Å². The van der Waals surface area contributed by atoms with Crippen LogP contribution in [0, 0.1) is 0 Å². The Labute approximate surface area is 122 Å². The van der Waals surface area contributed by atoms with E-state index < -0.39 is 0 Å². The SMILES string of the molecule is O=c1ccc(Cl)cn1-c1ccc(NC2CCCC2)nc1. The van der Waals surface area contributed by atoms with Gasteiger partial charge >= 0.3 is 0 Å². The molecule has 20 heavy (non-hydrogen) atoms. The molecule has 0 saturated heterocycles. The Hall–Kier alpha value is -1.81. The predicted octanol–water partition coefficient (Wildman–Crippen LogP) is 3.24. The molecule has 0 aliphatic heterocycles. The Morgan fingerprint density at radius 3 is 2.70 bits per heavy atom. The molecule has 2 aromatic rings. The molecule has 1 aliphatic rings. The van der Waals surface area contributed by atoms with Crippen LogP contribution in [-0.4, -0.2) is 15.6 Å². The molecule has 0 bridgehead atoms. The van der Waals surface area contributed by atoms with Crippen molar-refractivity contribution in [1.29, 1.82) is 0 Å². The largest absolute Gasteiger partial charge is 0.367 e. The lowest BCUT2D eigenvalue weighted by atomic mass is 10.2. The molecule has 1 saturated carbocycles. The molecular weight excluding hydrogens is 274 g/mol. The van der Waals surface area contributed by atoms with Gasteiger partial charge in [0.25, 0.3) is 5.56 Å². The van der Waals surface area contributed by atoms with Crippen molar-refractivity contribution < 1.29 is 0 Å². The summed E-state index contributed by atoms with van der Waals surface area (Å²) in [6.07, 6.45) is 8.27. The van der Waals surface area contributed by atoms with Crippen LogP contribution in [-0.2, 0) is 0 Å². The molecule has 5 heteroatoms. The lowest BCUT2D eigenvalue weighted by molar-refractivity contribution is 0.750. The van der Waals surface area contributed by atoms with Crippen molar-refractivity contribution in [1.82, 2.24) is 9.55 Å². The smallest absolute Gasteiger partial charge is 0.255 e. The zero-order valence-corrected chi connectivity index (χ0v) is 11.8. The first-order valence-corrected chi connectivity index (χ1v) is 7.21. The second-order valence-corrected chi connectivity index (χ2v) is 5.52. The molecule has 0 amide bonds. The number of nitrogens with zero attached hydrogens (tertiary/aromatic N) is 2. The number of hydrogen-bond donors (Lipinski definition) is 1. The standard InChI is InChI=1S/C15H16ClN3O/c16-11-5-8-15(20)19(10-11)13-6-7-14(17-9-13)18-12-3-1-2-4-12/h5-10,12H,1-4H2,(H,17,18). The predicted molar refractivity (Wildman–Crippen MR) is 80.7 cm³/mol. The van der Waals surface area contributed by atoms with Gasteiger partial charge < -0.3 is 5.32 Å².